The molecule has 0 amide bonds. The fourth-order valence-electron chi connectivity index (χ4n) is 2.82. The maximum atomic E-state index is 5.71. The molecule has 0 radical (unpaired) electrons. The molecular formula is C16H26N2OS. The minimum absolute atomic E-state index is 0.498. The maximum absolute atomic E-state index is 5.71. The number of likely N-dealkylation sites (tertiary alicyclic amines) is 1. The summed E-state index contributed by atoms with van der Waals surface area (Å²) in [6.07, 6.45) is 5.61. The Morgan fingerprint density at radius 3 is 2.65 bits per heavy atom. The first-order chi connectivity index (χ1) is 9.83. The number of ether oxygens (including phenoxy) is 1. The Kier molecular flexibility index (Phi) is 5.10. The summed E-state index contributed by atoms with van der Waals surface area (Å²) >= 11 is 1.97. The van der Waals surface area contributed by atoms with Crippen LogP contribution in [0.1, 0.15) is 42.4 Å². The summed E-state index contributed by atoms with van der Waals surface area (Å²) in [7, 11) is 0. The van der Waals surface area contributed by atoms with Gasteiger partial charge in [0, 0.05) is 48.6 Å². The maximum Gasteiger partial charge on any atom is 0.0599 e. The molecule has 2 fully saturated rings. The van der Waals surface area contributed by atoms with E-state index in [-0.39, 0.29) is 0 Å². The van der Waals surface area contributed by atoms with E-state index in [0.717, 1.165) is 25.7 Å². The molecule has 4 heteroatoms. The summed E-state index contributed by atoms with van der Waals surface area (Å²) in [4.78, 5) is 5.56. The Morgan fingerprint density at radius 2 is 1.95 bits per heavy atom. The summed E-state index contributed by atoms with van der Waals surface area (Å²) in [5.74, 6) is 0. The van der Waals surface area contributed by atoms with E-state index in [2.05, 4.69) is 29.3 Å². The van der Waals surface area contributed by atoms with Gasteiger partial charge < -0.3 is 10.1 Å². The van der Waals surface area contributed by atoms with Crippen LogP contribution in [0.15, 0.2) is 12.1 Å². The first kappa shape index (κ1) is 14.5. The molecule has 2 heterocycles. The minimum Gasteiger partial charge on any atom is -0.378 e. The second-order valence-corrected chi connectivity index (χ2v) is 7.21. The monoisotopic (exact) mass is 294 g/mol. The van der Waals surface area contributed by atoms with Crippen molar-refractivity contribution < 1.29 is 4.74 Å². The smallest absolute Gasteiger partial charge is 0.0599 e. The molecule has 20 heavy (non-hydrogen) atoms. The number of hydrogen-bond acceptors (Lipinski definition) is 4. The zero-order valence-electron chi connectivity index (χ0n) is 12.4. The largest absolute Gasteiger partial charge is 0.378 e. The predicted octanol–water partition coefficient (Wildman–Crippen LogP) is 3.00. The number of nitrogens with zero attached hydrogens (tertiary/aromatic N) is 1. The average Bonchev–Trinajstić information content (AvgIpc) is 3.19. The zero-order valence-corrected chi connectivity index (χ0v) is 13.3. The summed E-state index contributed by atoms with van der Waals surface area (Å²) < 4.78 is 5.71. The van der Waals surface area contributed by atoms with Gasteiger partial charge in [0.2, 0.25) is 0 Å². The van der Waals surface area contributed by atoms with Gasteiger partial charge in [0.1, 0.15) is 0 Å². The van der Waals surface area contributed by atoms with E-state index >= 15 is 0 Å². The second kappa shape index (κ2) is 7.03. The molecule has 1 aliphatic carbocycles. The average molecular weight is 294 g/mol. The third kappa shape index (κ3) is 4.29. The first-order valence-electron chi connectivity index (χ1n) is 7.98. The quantitative estimate of drug-likeness (QED) is 0.836. The molecule has 0 unspecified atom stereocenters. The number of hydrogen-bond donors (Lipinski definition) is 1. The molecule has 112 valence electrons. The van der Waals surface area contributed by atoms with Gasteiger partial charge in [-0.2, -0.15) is 0 Å². The normalized spacial score (nSPS) is 21.4. The molecule has 3 nitrogen and oxygen atoms in total. The van der Waals surface area contributed by atoms with Gasteiger partial charge in [0.15, 0.2) is 0 Å². The van der Waals surface area contributed by atoms with E-state index in [9.17, 15) is 0 Å². The van der Waals surface area contributed by atoms with Gasteiger partial charge in [0.05, 0.1) is 6.10 Å². The number of piperidine rings is 1. The standard InChI is InChI=1S/C16H26N2OS/c1-2-19-14-7-9-18(10-8-14)12-16-6-5-15(20-16)11-17-13-3-4-13/h5-6,13-14,17H,2-4,7-12H2,1H3. The van der Waals surface area contributed by atoms with Gasteiger partial charge in [-0.05, 0) is 44.7 Å². The van der Waals surface area contributed by atoms with E-state index in [1.54, 1.807) is 0 Å². The summed E-state index contributed by atoms with van der Waals surface area (Å²) in [6.45, 7) is 7.48. The number of thiophene rings is 1. The van der Waals surface area contributed by atoms with Crippen LogP contribution in [0, 0.1) is 0 Å². The Balaban J connectivity index is 1.41. The van der Waals surface area contributed by atoms with Crippen LogP contribution < -0.4 is 5.32 Å². The molecule has 1 aromatic heterocycles. The Labute approximate surface area is 126 Å². The SMILES string of the molecule is CCOC1CCN(Cc2ccc(CNC3CC3)s2)CC1. The van der Waals surface area contributed by atoms with Crippen molar-refractivity contribution in [1.29, 1.82) is 0 Å². The van der Waals surface area contributed by atoms with Crippen LogP contribution in [0.25, 0.3) is 0 Å². The zero-order chi connectivity index (χ0) is 13.8. The highest BCUT2D eigenvalue weighted by atomic mass is 32.1. The van der Waals surface area contributed by atoms with Crippen molar-refractivity contribution >= 4 is 11.3 Å². The van der Waals surface area contributed by atoms with Gasteiger partial charge in [-0.1, -0.05) is 0 Å². The number of nitrogens with one attached hydrogen (secondary N) is 1. The van der Waals surface area contributed by atoms with E-state index in [4.69, 9.17) is 4.74 Å². The van der Waals surface area contributed by atoms with Crippen LogP contribution in [0.5, 0.6) is 0 Å². The molecular weight excluding hydrogens is 268 g/mol. The first-order valence-corrected chi connectivity index (χ1v) is 8.80. The third-order valence-electron chi connectivity index (χ3n) is 4.18. The molecule has 1 N–H and O–H groups in total. The van der Waals surface area contributed by atoms with E-state index in [1.165, 1.54) is 48.5 Å². The Morgan fingerprint density at radius 1 is 1.20 bits per heavy atom. The molecule has 1 saturated heterocycles. The fraction of sp³-hybridized carbons (Fsp3) is 0.750. The second-order valence-electron chi connectivity index (χ2n) is 5.95. The highest BCUT2D eigenvalue weighted by Gasteiger charge is 2.21. The van der Waals surface area contributed by atoms with Crippen LogP contribution in [-0.2, 0) is 17.8 Å². The highest BCUT2D eigenvalue weighted by molar-refractivity contribution is 7.11. The number of rotatable bonds is 7. The van der Waals surface area contributed by atoms with Gasteiger partial charge in [-0.25, -0.2) is 0 Å². The molecule has 2 aliphatic rings. The van der Waals surface area contributed by atoms with Crippen molar-refractivity contribution in [2.45, 2.75) is 57.8 Å². The lowest BCUT2D eigenvalue weighted by molar-refractivity contribution is 0.0127. The molecule has 1 aromatic rings. The lowest BCUT2D eigenvalue weighted by Crippen LogP contribution is -2.36. The summed E-state index contributed by atoms with van der Waals surface area (Å²) in [5.41, 5.74) is 0. The van der Waals surface area contributed by atoms with Crippen LogP contribution in [-0.4, -0.2) is 36.7 Å². The van der Waals surface area contributed by atoms with Crippen molar-refractivity contribution in [2.75, 3.05) is 19.7 Å². The molecule has 1 saturated carbocycles. The predicted molar refractivity (Wildman–Crippen MR) is 84.1 cm³/mol. The van der Waals surface area contributed by atoms with Crippen molar-refractivity contribution in [3.8, 4) is 0 Å². The fourth-order valence-corrected chi connectivity index (χ4v) is 3.84. The molecule has 1 aliphatic heterocycles. The van der Waals surface area contributed by atoms with Crippen LogP contribution >= 0.6 is 11.3 Å². The topological polar surface area (TPSA) is 24.5 Å². The molecule has 3 rings (SSSR count). The summed E-state index contributed by atoms with van der Waals surface area (Å²) in [5, 5.41) is 3.59. The van der Waals surface area contributed by atoms with E-state index < -0.39 is 0 Å². The van der Waals surface area contributed by atoms with E-state index in [1.807, 2.05) is 11.3 Å². The van der Waals surface area contributed by atoms with Crippen molar-refractivity contribution in [3.63, 3.8) is 0 Å². The summed E-state index contributed by atoms with van der Waals surface area (Å²) in [6, 6.07) is 5.41. The lowest BCUT2D eigenvalue weighted by atomic mass is 10.1. The Hall–Kier alpha value is -0.420. The van der Waals surface area contributed by atoms with Gasteiger partial charge in [0.25, 0.3) is 0 Å². The van der Waals surface area contributed by atoms with Gasteiger partial charge in [-0.3, -0.25) is 4.90 Å². The van der Waals surface area contributed by atoms with Crippen molar-refractivity contribution in [3.05, 3.63) is 21.9 Å². The van der Waals surface area contributed by atoms with Gasteiger partial charge >= 0.3 is 0 Å². The molecule has 0 aromatic carbocycles. The third-order valence-corrected chi connectivity index (χ3v) is 5.25. The minimum atomic E-state index is 0.498. The van der Waals surface area contributed by atoms with Crippen LogP contribution in [0.4, 0.5) is 0 Å². The van der Waals surface area contributed by atoms with Crippen molar-refractivity contribution in [2.24, 2.45) is 0 Å². The van der Waals surface area contributed by atoms with E-state index in [0.29, 0.717) is 6.10 Å². The van der Waals surface area contributed by atoms with Crippen LogP contribution in [0.2, 0.25) is 0 Å². The molecule has 0 atom stereocenters. The van der Waals surface area contributed by atoms with Gasteiger partial charge in [-0.15, -0.1) is 11.3 Å². The lowest BCUT2D eigenvalue weighted by Gasteiger charge is -2.31. The van der Waals surface area contributed by atoms with Crippen LogP contribution in [0.3, 0.4) is 0 Å². The molecule has 0 spiro atoms. The Bertz CT molecular complexity index is 408. The highest BCUT2D eigenvalue weighted by Crippen LogP contribution is 2.23. The molecule has 0 bridgehead atoms. The van der Waals surface area contributed by atoms with Crippen molar-refractivity contribution in [1.82, 2.24) is 10.2 Å².